The molecule has 0 aromatic heterocycles. The Morgan fingerprint density at radius 1 is 1.21 bits per heavy atom. The van der Waals surface area contributed by atoms with Crippen molar-refractivity contribution in [2.24, 2.45) is 0 Å². The van der Waals surface area contributed by atoms with Crippen molar-refractivity contribution in [1.29, 1.82) is 0 Å². The number of methoxy groups -OCH3 is 1. The highest BCUT2D eigenvalue weighted by atomic mass is 35.5. The van der Waals surface area contributed by atoms with Gasteiger partial charge in [0, 0.05) is 12.2 Å². The van der Waals surface area contributed by atoms with Gasteiger partial charge in [-0.15, -0.1) is 0 Å². The van der Waals surface area contributed by atoms with Crippen molar-refractivity contribution in [3.8, 4) is 5.75 Å². The highest BCUT2D eigenvalue weighted by Crippen LogP contribution is 2.27. The molecule has 0 fully saturated rings. The van der Waals surface area contributed by atoms with E-state index in [1.165, 1.54) is 0 Å². The average Bonchev–Trinajstić information content (AvgIpc) is 2.46. The molecular formula is C15H16ClNO2. The van der Waals surface area contributed by atoms with Crippen LogP contribution in [0.3, 0.4) is 0 Å². The molecule has 0 spiro atoms. The Balaban J connectivity index is 1.97. The lowest BCUT2D eigenvalue weighted by molar-refractivity contribution is 0.191. The lowest BCUT2D eigenvalue weighted by Gasteiger charge is -2.14. The summed E-state index contributed by atoms with van der Waals surface area (Å²) in [7, 11) is 1.58. The largest absolute Gasteiger partial charge is 0.495 e. The predicted octanol–water partition coefficient (Wildman–Crippen LogP) is 3.49. The van der Waals surface area contributed by atoms with Crippen LogP contribution in [-0.4, -0.2) is 18.8 Å². The van der Waals surface area contributed by atoms with E-state index in [4.69, 9.17) is 16.3 Å². The maximum absolute atomic E-state index is 10.0. The minimum atomic E-state index is -0.554. The number of hydrogen-bond acceptors (Lipinski definition) is 3. The van der Waals surface area contributed by atoms with E-state index >= 15 is 0 Å². The molecule has 0 saturated heterocycles. The van der Waals surface area contributed by atoms with Gasteiger partial charge in [0.1, 0.15) is 5.75 Å². The van der Waals surface area contributed by atoms with Crippen molar-refractivity contribution in [1.82, 2.24) is 0 Å². The van der Waals surface area contributed by atoms with Crippen molar-refractivity contribution in [2.75, 3.05) is 19.0 Å². The highest BCUT2D eigenvalue weighted by molar-refractivity contribution is 6.32. The fraction of sp³-hybridized carbons (Fsp3) is 0.200. The first-order valence-corrected chi connectivity index (χ1v) is 6.39. The van der Waals surface area contributed by atoms with E-state index in [0.29, 0.717) is 17.3 Å². The Morgan fingerprint density at radius 2 is 1.95 bits per heavy atom. The second kappa shape index (κ2) is 6.45. The summed E-state index contributed by atoms with van der Waals surface area (Å²) in [5.41, 5.74) is 1.73. The Hall–Kier alpha value is -1.71. The van der Waals surface area contributed by atoms with Crippen molar-refractivity contribution < 1.29 is 9.84 Å². The molecule has 2 aromatic rings. The third-order valence-corrected chi connectivity index (χ3v) is 3.13. The molecule has 0 saturated carbocycles. The van der Waals surface area contributed by atoms with Gasteiger partial charge >= 0.3 is 0 Å². The molecule has 0 amide bonds. The summed E-state index contributed by atoms with van der Waals surface area (Å²) in [6, 6.07) is 15.0. The van der Waals surface area contributed by atoms with Crippen LogP contribution in [0.2, 0.25) is 5.02 Å². The molecule has 100 valence electrons. The number of aliphatic hydroxyl groups excluding tert-OH is 1. The first-order valence-electron chi connectivity index (χ1n) is 6.01. The van der Waals surface area contributed by atoms with Gasteiger partial charge in [-0.05, 0) is 23.8 Å². The van der Waals surface area contributed by atoms with Gasteiger partial charge in [0.15, 0.2) is 0 Å². The van der Waals surface area contributed by atoms with Crippen molar-refractivity contribution in [3.05, 3.63) is 59.1 Å². The van der Waals surface area contributed by atoms with Gasteiger partial charge in [-0.25, -0.2) is 0 Å². The molecule has 1 unspecified atom stereocenters. The summed E-state index contributed by atoms with van der Waals surface area (Å²) in [5, 5.41) is 13.7. The van der Waals surface area contributed by atoms with Crippen LogP contribution >= 0.6 is 11.6 Å². The number of ether oxygens (including phenoxy) is 1. The minimum Gasteiger partial charge on any atom is -0.495 e. The zero-order valence-electron chi connectivity index (χ0n) is 10.6. The molecular weight excluding hydrogens is 262 g/mol. The number of nitrogens with one attached hydrogen (secondary N) is 1. The lowest BCUT2D eigenvalue weighted by Crippen LogP contribution is -2.11. The molecule has 2 aromatic carbocycles. The van der Waals surface area contributed by atoms with Crippen molar-refractivity contribution >= 4 is 17.3 Å². The van der Waals surface area contributed by atoms with Crippen LogP contribution in [0.4, 0.5) is 5.69 Å². The zero-order valence-corrected chi connectivity index (χ0v) is 11.4. The van der Waals surface area contributed by atoms with Crippen LogP contribution in [0.25, 0.3) is 0 Å². The molecule has 0 aliphatic heterocycles. The molecule has 2 N–H and O–H groups in total. The Labute approximate surface area is 117 Å². The van der Waals surface area contributed by atoms with E-state index in [2.05, 4.69) is 5.32 Å². The molecule has 0 radical (unpaired) electrons. The molecule has 19 heavy (non-hydrogen) atoms. The fourth-order valence-corrected chi connectivity index (χ4v) is 2.04. The van der Waals surface area contributed by atoms with Gasteiger partial charge in [0.05, 0.1) is 18.2 Å². The van der Waals surface area contributed by atoms with E-state index in [9.17, 15) is 5.11 Å². The van der Waals surface area contributed by atoms with Crippen LogP contribution in [-0.2, 0) is 0 Å². The summed E-state index contributed by atoms with van der Waals surface area (Å²) < 4.78 is 5.09. The predicted molar refractivity (Wildman–Crippen MR) is 77.9 cm³/mol. The van der Waals surface area contributed by atoms with Gasteiger partial charge in [0.25, 0.3) is 0 Å². The molecule has 3 nitrogen and oxygen atoms in total. The topological polar surface area (TPSA) is 41.5 Å². The first-order chi connectivity index (χ1) is 9.20. The first kappa shape index (κ1) is 13.7. The zero-order chi connectivity index (χ0) is 13.7. The second-order valence-electron chi connectivity index (χ2n) is 4.16. The van der Waals surface area contributed by atoms with Gasteiger partial charge < -0.3 is 15.2 Å². The molecule has 1 atom stereocenters. The third-order valence-electron chi connectivity index (χ3n) is 2.84. The minimum absolute atomic E-state index is 0.423. The van der Waals surface area contributed by atoms with Gasteiger partial charge in [0.2, 0.25) is 0 Å². The molecule has 0 bridgehead atoms. The maximum atomic E-state index is 10.0. The standard InChI is InChI=1S/C15H16ClNO2/c1-19-15-8-7-12(9-13(15)16)17-10-14(18)11-5-3-2-4-6-11/h2-9,14,17-18H,10H2,1H3. The summed E-state index contributed by atoms with van der Waals surface area (Å²) in [6.45, 7) is 0.423. The van der Waals surface area contributed by atoms with Crippen LogP contribution in [0.1, 0.15) is 11.7 Å². The van der Waals surface area contributed by atoms with Gasteiger partial charge in [-0.3, -0.25) is 0 Å². The number of rotatable bonds is 5. The summed E-state index contributed by atoms with van der Waals surface area (Å²) >= 11 is 6.03. The number of aliphatic hydroxyl groups is 1. The van der Waals surface area contributed by atoms with Gasteiger partial charge in [-0.1, -0.05) is 41.9 Å². The monoisotopic (exact) mass is 277 g/mol. The number of hydrogen-bond donors (Lipinski definition) is 2. The van der Waals surface area contributed by atoms with Crippen molar-refractivity contribution in [2.45, 2.75) is 6.10 Å². The maximum Gasteiger partial charge on any atom is 0.137 e. The number of anilines is 1. The smallest absolute Gasteiger partial charge is 0.137 e. The molecule has 0 heterocycles. The van der Waals surface area contributed by atoms with E-state index in [0.717, 1.165) is 11.3 Å². The van der Waals surface area contributed by atoms with Crippen LogP contribution in [0, 0.1) is 0 Å². The van der Waals surface area contributed by atoms with E-state index in [1.54, 1.807) is 19.2 Å². The quantitative estimate of drug-likeness (QED) is 0.879. The molecule has 4 heteroatoms. The summed E-state index contributed by atoms with van der Waals surface area (Å²) in [6.07, 6.45) is -0.554. The Kier molecular flexibility index (Phi) is 4.66. The lowest BCUT2D eigenvalue weighted by atomic mass is 10.1. The fourth-order valence-electron chi connectivity index (χ4n) is 1.78. The van der Waals surface area contributed by atoms with E-state index in [1.807, 2.05) is 36.4 Å². The normalized spacial score (nSPS) is 11.9. The molecule has 2 rings (SSSR count). The van der Waals surface area contributed by atoms with Crippen LogP contribution in [0.15, 0.2) is 48.5 Å². The SMILES string of the molecule is COc1ccc(NCC(O)c2ccccc2)cc1Cl. The average molecular weight is 278 g/mol. The summed E-state index contributed by atoms with van der Waals surface area (Å²) in [4.78, 5) is 0. The van der Waals surface area contributed by atoms with Crippen molar-refractivity contribution in [3.63, 3.8) is 0 Å². The Morgan fingerprint density at radius 3 is 2.58 bits per heavy atom. The highest BCUT2D eigenvalue weighted by Gasteiger charge is 2.07. The van der Waals surface area contributed by atoms with E-state index in [-0.39, 0.29) is 0 Å². The third kappa shape index (κ3) is 3.63. The molecule has 0 aliphatic rings. The second-order valence-corrected chi connectivity index (χ2v) is 4.56. The molecule has 0 aliphatic carbocycles. The van der Waals surface area contributed by atoms with Gasteiger partial charge in [-0.2, -0.15) is 0 Å². The number of halogens is 1. The van der Waals surface area contributed by atoms with Crippen LogP contribution in [0.5, 0.6) is 5.75 Å². The Bertz CT molecular complexity index is 531. The van der Waals surface area contributed by atoms with E-state index < -0.39 is 6.10 Å². The van der Waals surface area contributed by atoms with Crippen LogP contribution < -0.4 is 10.1 Å². The summed E-state index contributed by atoms with van der Waals surface area (Å²) in [5.74, 6) is 0.635. The number of benzene rings is 2.